The van der Waals surface area contributed by atoms with Gasteiger partial charge in [-0.2, -0.15) is 0 Å². The molecule has 0 saturated carbocycles. The maximum absolute atomic E-state index is 6.38. The molecule has 49 heavy (non-hydrogen) atoms. The number of hydrogen-bond acceptors (Lipinski definition) is 1. The summed E-state index contributed by atoms with van der Waals surface area (Å²) in [5.41, 5.74) is 14.4. The van der Waals surface area contributed by atoms with Gasteiger partial charge in [-0.1, -0.05) is 152 Å². The van der Waals surface area contributed by atoms with Gasteiger partial charge >= 0.3 is 0 Å². The van der Waals surface area contributed by atoms with Crippen LogP contribution in [0.1, 0.15) is 0 Å². The highest BCUT2D eigenvalue weighted by atomic mass is 16.3. The fourth-order valence-electron chi connectivity index (χ4n) is 8.59. The van der Waals surface area contributed by atoms with Crippen LogP contribution in [0.2, 0.25) is 0 Å². The Kier molecular flexibility index (Phi) is 5.45. The van der Waals surface area contributed by atoms with E-state index in [2.05, 4.69) is 158 Å². The summed E-state index contributed by atoms with van der Waals surface area (Å²) in [5.74, 6) is 0. The van der Waals surface area contributed by atoms with Gasteiger partial charge in [0.15, 0.2) is 0 Å². The summed E-state index contributed by atoms with van der Waals surface area (Å²) in [7, 11) is 0. The van der Waals surface area contributed by atoms with Crippen LogP contribution in [0.25, 0.3) is 110 Å². The van der Waals surface area contributed by atoms with E-state index in [4.69, 9.17) is 4.42 Å². The topological polar surface area (TPSA) is 13.1 Å². The Hall–Kier alpha value is -6.44. The molecule has 0 fully saturated rings. The standard InChI is InChI=1S/C48H28O/c1-3-14-32-30(12-1)31-13-2-4-15-33(31)42-26-27-43(41-22-11-21-36(32)47(41)42)48-39-19-7-5-17-37(39)46(38-18-6-8-20-40(38)48)29-24-25-35-34-16-9-10-23-44(34)49-45(35)28-29/h1-28H. The normalized spacial score (nSPS) is 12.1. The van der Waals surface area contributed by atoms with E-state index in [1.54, 1.807) is 0 Å². The molecule has 11 rings (SSSR count). The van der Waals surface area contributed by atoms with E-state index in [9.17, 15) is 0 Å². The van der Waals surface area contributed by atoms with Gasteiger partial charge in [-0.05, 0) is 106 Å². The summed E-state index contributed by atoms with van der Waals surface area (Å²) in [6.07, 6.45) is 0. The summed E-state index contributed by atoms with van der Waals surface area (Å²) in [6.45, 7) is 0. The van der Waals surface area contributed by atoms with E-state index in [1.165, 1.54) is 82.4 Å². The summed E-state index contributed by atoms with van der Waals surface area (Å²) in [5, 5.41) is 9.84. The highest BCUT2D eigenvalue weighted by Gasteiger charge is 2.24. The molecule has 1 nitrogen and oxygen atoms in total. The first-order valence-corrected chi connectivity index (χ1v) is 16.9. The molecule has 1 aliphatic carbocycles. The Morgan fingerprint density at radius 2 is 0.714 bits per heavy atom. The molecular formula is C48H28O. The third-order valence-electron chi connectivity index (χ3n) is 10.6. The quantitative estimate of drug-likeness (QED) is 0.175. The number of para-hydroxylation sites is 1. The Morgan fingerprint density at radius 3 is 1.37 bits per heavy atom. The monoisotopic (exact) mass is 620 g/mol. The predicted octanol–water partition coefficient (Wildman–Crippen LogP) is 13.7. The van der Waals surface area contributed by atoms with Gasteiger partial charge in [0, 0.05) is 10.8 Å². The smallest absolute Gasteiger partial charge is 0.136 e. The van der Waals surface area contributed by atoms with Crippen LogP contribution < -0.4 is 0 Å². The minimum absolute atomic E-state index is 0.913. The molecule has 0 spiro atoms. The van der Waals surface area contributed by atoms with Crippen molar-refractivity contribution in [2.75, 3.05) is 0 Å². The first-order chi connectivity index (χ1) is 24.3. The van der Waals surface area contributed by atoms with Crippen molar-refractivity contribution < 1.29 is 4.42 Å². The number of hydrogen-bond donors (Lipinski definition) is 0. The summed E-state index contributed by atoms with van der Waals surface area (Å²) in [6, 6.07) is 62.2. The van der Waals surface area contributed by atoms with Crippen molar-refractivity contribution in [3.05, 3.63) is 170 Å². The van der Waals surface area contributed by atoms with Crippen molar-refractivity contribution in [3.8, 4) is 55.6 Å². The highest BCUT2D eigenvalue weighted by molar-refractivity contribution is 6.26. The second-order valence-corrected chi connectivity index (χ2v) is 13.1. The van der Waals surface area contributed by atoms with Crippen LogP contribution in [0.3, 0.4) is 0 Å². The van der Waals surface area contributed by atoms with Gasteiger partial charge in [0.05, 0.1) is 0 Å². The zero-order valence-electron chi connectivity index (χ0n) is 26.6. The first-order valence-electron chi connectivity index (χ1n) is 16.9. The van der Waals surface area contributed by atoms with E-state index in [0.29, 0.717) is 0 Å². The van der Waals surface area contributed by atoms with Crippen molar-refractivity contribution >= 4 is 54.3 Å². The molecule has 10 aromatic rings. The molecule has 0 bridgehead atoms. The van der Waals surface area contributed by atoms with E-state index >= 15 is 0 Å². The van der Waals surface area contributed by atoms with Gasteiger partial charge in [0.1, 0.15) is 11.2 Å². The van der Waals surface area contributed by atoms with Gasteiger partial charge < -0.3 is 4.42 Å². The lowest BCUT2D eigenvalue weighted by Gasteiger charge is -2.20. The molecule has 1 heteroatoms. The molecular weight excluding hydrogens is 593 g/mol. The molecule has 226 valence electrons. The van der Waals surface area contributed by atoms with Crippen LogP contribution in [0, 0.1) is 0 Å². The third-order valence-corrected chi connectivity index (χ3v) is 10.6. The molecule has 0 unspecified atom stereocenters. The molecule has 0 saturated heterocycles. The number of benzene rings is 9. The van der Waals surface area contributed by atoms with Gasteiger partial charge in [-0.3, -0.25) is 0 Å². The zero-order chi connectivity index (χ0) is 32.1. The minimum atomic E-state index is 0.913. The Morgan fingerprint density at radius 1 is 0.265 bits per heavy atom. The van der Waals surface area contributed by atoms with Gasteiger partial charge in [0.25, 0.3) is 0 Å². The summed E-state index contributed by atoms with van der Waals surface area (Å²) < 4.78 is 6.38. The lowest BCUT2D eigenvalue weighted by atomic mass is 9.83. The lowest BCUT2D eigenvalue weighted by Crippen LogP contribution is -1.93. The largest absolute Gasteiger partial charge is 0.456 e. The van der Waals surface area contributed by atoms with Crippen LogP contribution in [-0.4, -0.2) is 0 Å². The maximum Gasteiger partial charge on any atom is 0.136 e. The van der Waals surface area contributed by atoms with Crippen molar-refractivity contribution in [2.45, 2.75) is 0 Å². The van der Waals surface area contributed by atoms with Crippen LogP contribution in [0.4, 0.5) is 0 Å². The fourth-order valence-corrected chi connectivity index (χ4v) is 8.59. The SMILES string of the molecule is c1ccc2c(c1)-c1ccccc1-c1ccc(-c3c4ccccc4c(-c4ccc5c(c4)oc4ccccc45)c4ccccc34)c3cccc-2c13. The zero-order valence-corrected chi connectivity index (χ0v) is 26.6. The minimum Gasteiger partial charge on any atom is -0.456 e. The van der Waals surface area contributed by atoms with E-state index < -0.39 is 0 Å². The average molecular weight is 621 g/mol. The number of furan rings is 1. The van der Waals surface area contributed by atoms with Crippen LogP contribution in [0.5, 0.6) is 0 Å². The molecule has 0 N–H and O–H groups in total. The van der Waals surface area contributed by atoms with Gasteiger partial charge in [-0.15, -0.1) is 0 Å². The van der Waals surface area contributed by atoms with Gasteiger partial charge in [-0.25, -0.2) is 0 Å². The third kappa shape index (κ3) is 3.70. The molecule has 1 heterocycles. The lowest BCUT2D eigenvalue weighted by molar-refractivity contribution is 0.669. The molecule has 0 radical (unpaired) electrons. The fraction of sp³-hybridized carbons (Fsp3) is 0. The predicted molar refractivity (Wildman–Crippen MR) is 207 cm³/mol. The van der Waals surface area contributed by atoms with Crippen molar-refractivity contribution in [3.63, 3.8) is 0 Å². The molecule has 0 aliphatic heterocycles. The molecule has 9 aromatic carbocycles. The van der Waals surface area contributed by atoms with Crippen LogP contribution in [0.15, 0.2) is 174 Å². The highest BCUT2D eigenvalue weighted by Crippen LogP contribution is 2.51. The maximum atomic E-state index is 6.38. The second-order valence-electron chi connectivity index (χ2n) is 13.1. The van der Waals surface area contributed by atoms with E-state index in [0.717, 1.165) is 27.5 Å². The van der Waals surface area contributed by atoms with Crippen molar-refractivity contribution in [2.24, 2.45) is 0 Å². The molecule has 0 amide bonds. The summed E-state index contributed by atoms with van der Waals surface area (Å²) in [4.78, 5) is 0. The van der Waals surface area contributed by atoms with Crippen molar-refractivity contribution in [1.82, 2.24) is 0 Å². The Bertz CT molecular complexity index is 2890. The Labute approximate surface area is 283 Å². The summed E-state index contributed by atoms with van der Waals surface area (Å²) >= 11 is 0. The molecule has 0 atom stereocenters. The molecule has 1 aromatic heterocycles. The molecule has 1 aliphatic rings. The van der Waals surface area contributed by atoms with Crippen LogP contribution >= 0.6 is 0 Å². The Balaban J connectivity index is 1.24. The average Bonchev–Trinajstić information content (AvgIpc) is 3.49. The second kappa shape index (κ2) is 10.0. The number of rotatable bonds is 2. The number of fused-ring (bicyclic) bond motifs is 10. The van der Waals surface area contributed by atoms with E-state index in [-0.39, 0.29) is 0 Å². The van der Waals surface area contributed by atoms with E-state index in [1.807, 2.05) is 12.1 Å². The van der Waals surface area contributed by atoms with Gasteiger partial charge in [0.2, 0.25) is 0 Å². The first kappa shape index (κ1) is 26.6. The van der Waals surface area contributed by atoms with Crippen molar-refractivity contribution in [1.29, 1.82) is 0 Å². The van der Waals surface area contributed by atoms with Crippen LogP contribution in [-0.2, 0) is 0 Å².